The maximum atomic E-state index is 7.29. The van der Waals surface area contributed by atoms with E-state index in [0.29, 0.717) is 0 Å². The normalized spacial score (nSPS) is 14.0. The molecule has 0 aliphatic heterocycles. The minimum atomic E-state index is -1.37. The van der Waals surface area contributed by atoms with E-state index in [1.165, 1.54) is 77.3 Å². The molecule has 4 nitrogen and oxygen atoms in total. The van der Waals surface area contributed by atoms with Crippen molar-refractivity contribution in [3.63, 3.8) is 0 Å². The summed E-state index contributed by atoms with van der Waals surface area (Å²) in [5.41, 5.74) is 17.3. The van der Waals surface area contributed by atoms with Gasteiger partial charge in [0.2, 0.25) is 0 Å². The first kappa shape index (κ1) is 48.9. The summed E-state index contributed by atoms with van der Waals surface area (Å²) >= 11 is 0. The van der Waals surface area contributed by atoms with E-state index in [4.69, 9.17) is 11.5 Å². The van der Waals surface area contributed by atoms with Gasteiger partial charge in [0.1, 0.15) is 31.8 Å². The maximum absolute atomic E-state index is 7.29. The van der Waals surface area contributed by atoms with Crippen LogP contribution in [0, 0.1) is 0 Å². The van der Waals surface area contributed by atoms with Crippen LogP contribution in [0.3, 0.4) is 0 Å². The smallest absolute Gasteiger partial charge is 0.676 e. The Morgan fingerprint density at radius 2 is 0.612 bits per heavy atom. The van der Waals surface area contributed by atoms with E-state index in [-0.39, 0.29) is 31.6 Å². The Balaban J connectivity index is 0.000000261. The Hall–Kier alpha value is -6.02. The third kappa shape index (κ3) is 12.9. The fraction of sp³-hybridized carbons (Fsp3) is 0.100. The largest absolute Gasteiger partial charge is 2.00 e. The van der Waals surface area contributed by atoms with E-state index < -0.39 is 15.8 Å². The summed E-state index contributed by atoms with van der Waals surface area (Å²) in [7, 11) is -2.74. The SMILES string of the molecule is [NH-][C@@H]1CCCC[C@H]1[NH-].[Ru+2].c1ccc([PH+](c2ccccc2)c2ccc3ccccc3c2-c2c([PH+](c3ccccc3)c3ccccc3)ccc3ccccc23)cc1.c1ccncc1.c1ccncc1. The second-order valence-corrected chi connectivity index (χ2v) is 21.1. The van der Waals surface area contributed by atoms with Crippen LogP contribution in [0.5, 0.6) is 0 Å². The van der Waals surface area contributed by atoms with Crippen molar-refractivity contribution < 1.29 is 19.5 Å². The standard InChI is InChI=1S/C44H32P2.C6H12N2.2C5H5N.Ru/c1-5-19-35(20-6-1)45(36-21-7-2-8-22-36)41-31-29-33-17-13-15-27-39(33)43(41)44-40-28-16-14-18-34(40)30-32-42(44)46(37-23-9-3-10-24-37)38-25-11-4-12-26-38;7-5-3-1-2-4-6(5)8;2*1-2-4-6-5-3-1;/h1-32H;5-8H,1-4H2;2*1-5H;/q;-2;;;+2/p+2/t;5-,6-;;;/m.1.../s1. The summed E-state index contributed by atoms with van der Waals surface area (Å²) in [5.74, 6) is 0. The van der Waals surface area contributed by atoms with Crippen LogP contribution in [-0.2, 0) is 19.5 Å². The molecule has 11 rings (SSSR count). The third-order valence-electron chi connectivity index (χ3n) is 11.8. The van der Waals surface area contributed by atoms with Crippen LogP contribution in [-0.4, -0.2) is 22.1 Å². The minimum Gasteiger partial charge on any atom is -0.676 e. The van der Waals surface area contributed by atoms with Crippen LogP contribution >= 0.6 is 15.8 Å². The summed E-state index contributed by atoms with van der Waals surface area (Å²) in [6.07, 6.45) is 11.2. The molecule has 8 aromatic carbocycles. The molecular formula is C60H56N4P2Ru+2. The van der Waals surface area contributed by atoms with Crippen molar-refractivity contribution in [1.82, 2.24) is 9.97 Å². The van der Waals surface area contributed by atoms with Crippen molar-refractivity contribution in [3.8, 4) is 11.1 Å². The molecule has 0 bridgehead atoms. The first-order valence-corrected chi connectivity index (χ1v) is 25.8. The zero-order valence-electron chi connectivity index (χ0n) is 37.5. The number of hydrogen-bond acceptors (Lipinski definition) is 2. The van der Waals surface area contributed by atoms with E-state index in [2.05, 4.69) is 204 Å². The second-order valence-electron chi connectivity index (χ2n) is 16.2. The van der Waals surface area contributed by atoms with Crippen LogP contribution in [0.1, 0.15) is 25.7 Å². The summed E-state index contributed by atoms with van der Waals surface area (Å²) in [6.45, 7) is 0. The van der Waals surface area contributed by atoms with Gasteiger partial charge in [-0.1, -0.05) is 171 Å². The molecule has 0 unspecified atom stereocenters. The van der Waals surface area contributed by atoms with Gasteiger partial charge in [-0.05, 0) is 106 Å². The van der Waals surface area contributed by atoms with E-state index in [1.807, 2.05) is 36.4 Å². The van der Waals surface area contributed by atoms with Crippen LogP contribution in [0.2, 0.25) is 0 Å². The van der Waals surface area contributed by atoms with Gasteiger partial charge in [-0.15, -0.1) is 0 Å². The van der Waals surface area contributed by atoms with Gasteiger partial charge < -0.3 is 11.5 Å². The Labute approximate surface area is 411 Å². The molecule has 0 amide bonds. The van der Waals surface area contributed by atoms with Crippen molar-refractivity contribution >= 4 is 69.2 Å². The average molecular weight is 996 g/mol. The number of rotatable bonds is 7. The van der Waals surface area contributed by atoms with Crippen LogP contribution in [0.25, 0.3) is 44.1 Å². The molecule has 332 valence electrons. The molecular weight excluding hydrogens is 940 g/mol. The molecule has 1 fully saturated rings. The van der Waals surface area contributed by atoms with Gasteiger partial charge in [-0.2, -0.15) is 12.1 Å². The van der Waals surface area contributed by atoms with Gasteiger partial charge in [-0.25, -0.2) is 0 Å². The molecule has 0 spiro atoms. The number of nitrogens with one attached hydrogen (secondary N) is 2. The minimum absolute atomic E-state index is 0. The first-order valence-electron chi connectivity index (χ1n) is 22.8. The van der Waals surface area contributed by atoms with Crippen LogP contribution in [0.4, 0.5) is 0 Å². The van der Waals surface area contributed by atoms with Crippen molar-refractivity contribution in [2.24, 2.45) is 0 Å². The number of pyridine rings is 2. The number of aromatic nitrogens is 2. The van der Waals surface area contributed by atoms with Gasteiger partial charge in [0, 0.05) is 35.9 Å². The Morgan fingerprint density at radius 3 is 0.881 bits per heavy atom. The molecule has 67 heavy (non-hydrogen) atoms. The number of fused-ring (bicyclic) bond motifs is 2. The average Bonchev–Trinajstić information content (AvgIpc) is 3.40. The molecule has 1 aliphatic carbocycles. The number of benzene rings is 8. The van der Waals surface area contributed by atoms with Crippen LogP contribution in [0.15, 0.2) is 255 Å². The van der Waals surface area contributed by atoms with Gasteiger partial charge >= 0.3 is 19.5 Å². The topological polar surface area (TPSA) is 73.4 Å². The quantitative estimate of drug-likeness (QED) is 0.118. The van der Waals surface area contributed by atoms with E-state index in [9.17, 15) is 0 Å². The Kier molecular flexibility index (Phi) is 18.8. The van der Waals surface area contributed by atoms with Gasteiger partial charge in [0.05, 0.1) is 15.8 Å². The predicted molar refractivity (Wildman–Crippen MR) is 290 cm³/mol. The zero-order valence-corrected chi connectivity index (χ0v) is 41.2. The molecule has 0 saturated heterocycles. The van der Waals surface area contributed by atoms with Gasteiger partial charge in [0.25, 0.3) is 0 Å². The second kappa shape index (κ2) is 25.8. The molecule has 1 saturated carbocycles. The maximum Gasteiger partial charge on any atom is 2.00 e. The monoisotopic (exact) mass is 996 g/mol. The van der Waals surface area contributed by atoms with Gasteiger partial charge in [-0.3, -0.25) is 9.97 Å². The third-order valence-corrected chi connectivity index (χ3v) is 17.3. The molecule has 2 aromatic heterocycles. The molecule has 10 aromatic rings. The zero-order chi connectivity index (χ0) is 45.2. The van der Waals surface area contributed by atoms with Crippen molar-refractivity contribution in [1.29, 1.82) is 0 Å². The van der Waals surface area contributed by atoms with Crippen LogP contribution < -0.4 is 31.8 Å². The van der Waals surface area contributed by atoms with Gasteiger partial charge in [0.15, 0.2) is 0 Å². The molecule has 2 heterocycles. The predicted octanol–water partition coefficient (Wildman–Crippen LogP) is 13.2. The first-order chi connectivity index (χ1) is 32.7. The summed E-state index contributed by atoms with van der Waals surface area (Å²) in [4.78, 5) is 7.57. The van der Waals surface area contributed by atoms with E-state index in [0.717, 1.165) is 12.8 Å². The molecule has 0 radical (unpaired) electrons. The fourth-order valence-electron chi connectivity index (χ4n) is 8.63. The van der Waals surface area contributed by atoms with Crippen molar-refractivity contribution in [3.05, 3.63) is 267 Å². The Bertz CT molecular complexity index is 2630. The van der Waals surface area contributed by atoms with E-state index >= 15 is 0 Å². The molecule has 2 atom stereocenters. The van der Waals surface area contributed by atoms with E-state index in [1.54, 1.807) is 24.8 Å². The number of hydrogen-bond donors (Lipinski definition) is 0. The fourth-order valence-corrected chi connectivity index (χ4v) is 14.2. The van der Waals surface area contributed by atoms with Crippen molar-refractivity contribution in [2.45, 2.75) is 37.8 Å². The molecule has 7 heteroatoms. The summed E-state index contributed by atoms with van der Waals surface area (Å²) in [5, 5.41) is 13.6. The Morgan fingerprint density at radius 1 is 0.328 bits per heavy atom. The summed E-state index contributed by atoms with van der Waals surface area (Å²) in [6, 6.07) is 83.5. The molecule has 2 N–H and O–H groups in total. The van der Waals surface area contributed by atoms with Crippen molar-refractivity contribution in [2.75, 3.05) is 0 Å². The molecule has 1 aliphatic rings. The summed E-state index contributed by atoms with van der Waals surface area (Å²) < 4.78 is 0. The number of nitrogens with zero attached hydrogens (tertiary/aromatic N) is 2.